The molecule has 5 rings (SSSR count). The number of hydrogen-bond donors (Lipinski definition) is 3. The highest BCUT2D eigenvalue weighted by Crippen LogP contribution is 2.38. The van der Waals surface area contributed by atoms with Crippen molar-refractivity contribution in [2.45, 2.75) is 0 Å². The third-order valence-corrected chi connectivity index (χ3v) is 7.29. The number of carbonyl (C=O) groups excluding carboxylic acids is 1. The second-order valence-electron chi connectivity index (χ2n) is 9.58. The number of ether oxygens (including phenoxy) is 1. The second-order valence-corrected chi connectivity index (χ2v) is 11.0. The lowest BCUT2D eigenvalue weighted by atomic mass is 10.1. The van der Waals surface area contributed by atoms with Crippen LogP contribution in [0.2, 0.25) is 5.02 Å². The van der Waals surface area contributed by atoms with Gasteiger partial charge in [-0.25, -0.2) is 23.7 Å². The highest BCUT2D eigenvalue weighted by molar-refractivity contribution is 7.19. The normalized spacial score (nSPS) is 11.0. The zero-order valence-electron chi connectivity index (χ0n) is 23.1. The van der Waals surface area contributed by atoms with Crippen LogP contribution in [-0.4, -0.2) is 53.0 Å². The summed E-state index contributed by atoms with van der Waals surface area (Å²) in [5.41, 5.74) is 8.44. The Balaban J connectivity index is 1.36. The van der Waals surface area contributed by atoms with Crippen LogP contribution in [0.1, 0.15) is 10.4 Å². The average Bonchev–Trinajstić information content (AvgIpc) is 3.37. The van der Waals surface area contributed by atoms with Gasteiger partial charge < -0.3 is 26.0 Å². The zero-order chi connectivity index (χ0) is 30.5. The lowest BCUT2D eigenvalue weighted by Gasteiger charge is -2.13. The molecule has 2 aromatic heterocycles. The smallest absolute Gasteiger partial charge is 0.258 e. The highest BCUT2D eigenvalue weighted by atomic mass is 35.5. The summed E-state index contributed by atoms with van der Waals surface area (Å²) in [6.45, 7) is 1.26. The van der Waals surface area contributed by atoms with E-state index in [4.69, 9.17) is 22.1 Å². The number of carbonyl (C=O) groups is 1. The van der Waals surface area contributed by atoms with E-state index in [1.54, 1.807) is 48.7 Å². The number of benzene rings is 3. The van der Waals surface area contributed by atoms with Crippen molar-refractivity contribution in [1.29, 1.82) is 0 Å². The van der Waals surface area contributed by atoms with Gasteiger partial charge in [-0.1, -0.05) is 35.1 Å². The predicted molar refractivity (Wildman–Crippen MR) is 166 cm³/mol. The molecule has 4 N–H and O–H groups in total. The molecule has 0 atom stereocenters. The maximum atomic E-state index is 14.1. The Morgan fingerprint density at radius 2 is 1.88 bits per heavy atom. The summed E-state index contributed by atoms with van der Waals surface area (Å²) in [6.07, 6.45) is 1.61. The molecule has 5 aromatic rings. The third-order valence-electron chi connectivity index (χ3n) is 6.08. The van der Waals surface area contributed by atoms with E-state index in [0.717, 1.165) is 24.7 Å². The molecule has 220 valence electrons. The van der Waals surface area contributed by atoms with Crippen LogP contribution in [0.25, 0.3) is 21.8 Å². The largest absolute Gasteiger partial charge is 0.491 e. The van der Waals surface area contributed by atoms with Crippen molar-refractivity contribution in [3.63, 3.8) is 0 Å². The molecule has 0 bridgehead atoms. The van der Waals surface area contributed by atoms with Gasteiger partial charge in [-0.3, -0.25) is 4.79 Å². The Morgan fingerprint density at radius 1 is 1.05 bits per heavy atom. The first-order valence-corrected chi connectivity index (χ1v) is 14.2. The van der Waals surface area contributed by atoms with Gasteiger partial charge in [0.15, 0.2) is 5.13 Å². The van der Waals surface area contributed by atoms with Crippen LogP contribution in [0, 0.1) is 11.6 Å². The van der Waals surface area contributed by atoms with Gasteiger partial charge in [0.05, 0.1) is 26.9 Å². The van der Waals surface area contributed by atoms with Gasteiger partial charge >= 0.3 is 0 Å². The lowest BCUT2D eigenvalue weighted by Crippen LogP contribution is -2.19. The van der Waals surface area contributed by atoms with Crippen LogP contribution in [-0.2, 0) is 0 Å². The van der Waals surface area contributed by atoms with Gasteiger partial charge in [-0.2, -0.15) is 0 Å². The van der Waals surface area contributed by atoms with E-state index in [1.165, 1.54) is 11.3 Å². The first-order valence-electron chi connectivity index (χ1n) is 13.0. The summed E-state index contributed by atoms with van der Waals surface area (Å²) in [4.78, 5) is 28.8. The summed E-state index contributed by atoms with van der Waals surface area (Å²) in [7, 11) is 3.93. The highest BCUT2D eigenvalue weighted by Gasteiger charge is 2.18. The maximum absolute atomic E-state index is 14.1. The molecule has 1 amide bonds. The minimum absolute atomic E-state index is 0.311. The number of halogens is 3. The van der Waals surface area contributed by atoms with E-state index >= 15 is 0 Å². The molecule has 3 aromatic carbocycles. The van der Waals surface area contributed by atoms with Crippen molar-refractivity contribution in [2.24, 2.45) is 0 Å². The summed E-state index contributed by atoms with van der Waals surface area (Å²) >= 11 is 7.66. The molecule has 9 nitrogen and oxygen atoms in total. The molecule has 0 saturated heterocycles. The van der Waals surface area contributed by atoms with Gasteiger partial charge in [-0.15, -0.1) is 0 Å². The van der Waals surface area contributed by atoms with E-state index in [1.807, 2.05) is 25.1 Å². The Labute approximate surface area is 255 Å². The summed E-state index contributed by atoms with van der Waals surface area (Å²) < 4.78 is 33.4. The third kappa shape index (κ3) is 7.41. The molecule has 2 heterocycles. The monoisotopic (exact) mass is 621 g/mol. The Hall–Kier alpha value is -4.65. The fourth-order valence-corrected chi connectivity index (χ4v) is 5.09. The fourth-order valence-electron chi connectivity index (χ4n) is 4.03. The molecule has 13 heteroatoms. The van der Waals surface area contributed by atoms with Crippen LogP contribution < -0.4 is 21.1 Å². The predicted octanol–water partition coefficient (Wildman–Crippen LogP) is 6.72. The molecule has 0 saturated carbocycles. The summed E-state index contributed by atoms with van der Waals surface area (Å²) in [5.74, 6) is -1.43. The van der Waals surface area contributed by atoms with E-state index in [9.17, 15) is 13.6 Å². The van der Waals surface area contributed by atoms with Crippen LogP contribution in [0.15, 0.2) is 72.9 Å². The molecule has 0 unspecified atom stereocenters. The van der Waals surface area contributed by atoms with Crippen LogP contribution >= 0.6 is 22.9 Å². The van der Waals surface area contributed by atoms with E-state index in [0.29, 0.717) is 61.7 Å². The van der Waals surface area contributed by atoms with Gasteiger partial charge in [0, 0.05) is 29.7 Å². The molecule has 0 aliphatic heterocycles. The number of likely N-dealkylation sites (N-methyl/N-ethyl adjacent to an activating group) is 1. The van der Waals surface area contributed by atoms with Crippen LogP contribution in [0.5, 0.6) is 5.75 Å². The van der Waals surface area contributed by atoms with Crippen LogP contribution in [0.3, 0.4) is 0 Å². The fraction of sp³-hybridized carbons (Fsp3) is 0.133. The lowest BCUT2D eigenvalue weighted by molar-refractivity contribution is 0.102. The van der Waals surface area contributed by atoms with Gasteiger partial charge in [0.25, 0.3) is 5.91 Å². The van der Waals surface area contributed by atoms with E-state index in [2.05, 4.69) is 25.6 Å². The molecule has 0 spiro atoms. The number of nitrogens with zero attached hydrogens (tertiary/aromatic N) is 4. The number of aromatic nitrogens is 3. The first-order chi connectivity index (χ1) is 20.7. The Kier molecular flexibility index (Phi) is 9.10. The van der Waals surface area contributed by atoms with E-state index in [-0.39, 0.29) is 0 Å². The Morgan fingerprint density at radius 3 is 2.67 bits per heavy atom. The van der Waals surface area contributed by atoms with Crippen molar-refractivity contribution < 1.29 is 18.3 Å². The molecule has 0 aliphatic carbocycles. The first kappa shape index (κ1) is 29.8. The number of nitrogens with two attached hydrogens (primary N) is 1. The number of thiazole rings is 1. The number of nitrogens with one attached hydrogen (secondary N) is 2. The minimum Gasteiger partial charge on any atom is -0.491 e. The molecule has 0 fully saturated rings. The molecule has 0 radical (unpaired) electrons. The number of amides is 1. The van der Waals surface area contributed by atoms with Crippen molar-refractivity contribution in [1.82, 2.24) is 19.9 Å². The number of anilines is 4. The molecule has 43 heavy (non-hydrogen) atoms. The number of hydrogen-bond acceptors (Lipinski definition) is 9. The molecular formula is C30H26ClF2N7O2S. The molecular weight excluding hydrogens is 596 g/mol. The Bertz CT molecular complexity index is 1780. The topological polar surface area (TPSA) is 118 Å². The molecule has 0 aliphatic rings. The quantitative estimate of drug-likeness (QED) is 0.157. The number of rotatable bonds is 10. The maximum Gasteiger partial charge on any atom is 0.258 e. The SMILES string of the molecule is CN(C)CCOc1ccc(Nc2nccc(-c3sc(N)nc3-c3cccc(NC(=O)c4cc(F)ccc4F)c3)n2)cc1Cl. The van der Waals surface area contributed by atoms with Crippen molar-refractivity contribution in [3.05, 3.63) is 95.1 Å². The average molecular weight is 622 g/mol. The van der Waals surface area contributed by atoms with Crippen molar-refractivity contribution in [2.75, 3.05) is 43.6 Å². The summed E-state index contributed by atoms with van der Waals surface area (Å²) in [5, 5.41) is 6.52. The van der Waals surface area contributed by atoms with Gasteiger partial charge in [0.2, 0.25) is 5.95 Å². The van der Waals surface area contributed by atoms with Gasteiger partial charge in [0.1, 0.15) is 24.0 Å². The minimum atomic E-state index is -0.829. The second kappa shape index (κ2) is 13.1. The standard InChI is InChI=1S/C30H26ClF2N7O2S/c1-40(2)12-13-42-25-9-7-20(16-22(25)31)37-30-35-11-10-24(38-30)27-26(39-29(34)43-27)17-4-3-5-19(14-17)36-28(41)21-15-18(32)6-8-23(21)33/h3-11,14-16H,12-13H2,1-2H3,(H2,34,39)(H,36,41)(H,35,37,38). The van der Waals surface area contributed by atoms with Crippen LogP contribution in [0.4, 0.5) is 31.2 Å². The van der Waals surface area contributed by atoms with Crippen molar-refractivity contribution >= 4 is 51.3 Å². The summed E-state index contributed by atoms with van der Waals surface area (Å²) in [6, 6.07) is 16.5. The van der Waals surface area contributed by atoms with Gasteiger partial charge in [-0.05, 0) is 68.7 Å². The van der Waals surface area contributed by atoms with Crippen molar-refractivity contribution in [3.8, 4) is 27.6 Å². The number of nitrogen functional groups attached to an aromatic ring is 1. The zero-order valence-corrected chi connectivity index (χ0v) is 24.6. The van der Waals surface area contributed by atoms with E-state index < -0.39 is 23.1 Å².